The van der Waals surface area contributed by atoms with Crippen molar-refractivity contribution >= 4 is 15.9 Å². The van der Waals surface area contributed by atoms with Gasteiger partial charge in [-0.1, -0.05) is 5.16 Å². The van der Waals surface area contributed by atoms with Crippen molar-refractivity contribution in [3.63, 3.8) is 0 Å². The summed E-state index contributed by atoms with van der Waals surface area (Å²) < 4.78 is 38.3. The molecule has 1 amide bonds. The van der Waals surface area contributed by atoms with Crippen molar-refractivity contribution in [3.8, 4) is 11.5 Å². The van der Waals surface area contributed by atoms with Gasteiger partial charge >= 0.3 is 0 Å². The first-order valence-electron chi connectivity index (χ1n) is 8.61. The van der Waals surface area contributed by atoms with Gasteiger partial charge in [-0.15, -0.1) is 0 Å². The molecule has 2 aliphatic heterocycles. The van der Waals surface area contributed by atoms with E-state index in [1.807, 2.05) is 0 Å². The Morgan fingerprint density at radius 1 is 1.23 bits per heavy atom. The minimum atomic E-state index is -3.75. The Kier molecular flexibility index (Phi) is 3.96. The van der Waals surface area contributed by atoms with Gasteiger partial charge in [0.1, 0.15) is 10.7 Å². The van der Waals surface area contributed by atoms with Crippen molar-refractivity contribution < 1.29 is 22.2 Å². The summed E-state index contributed by atoms with van der Waals surface area (Å²) in [6, 6.07) is 3.07. The summed E-state index contributed by atoms with van der Waals surface area (Å²) in [6.45, 7) is 2.90. The number of hydrogen-bond acceptors (Lipinski definition) is 6. The molecule has 0 aliphatic carbocycles. The first-order chi connectivity index (χ1) is 12.3. The molecule has 2 aromatic heterocycles. The molecule has 8 nitrogen and oxygen atoms in total. The lowest BCUT2D eigenvalue weighted by Gasteiger charge is -2.37. The molecule has 9 heteroatoms. The van der Waals surface area contributed by atoms with E-state index in [4.69, 9.17) is 8.94 Å². The van der Waals surface area contributed by atoms with E-state index in [1.54, 1.807) is 24.9 Å². The monoisotopic (exact) mass is 379 g/mol. The van der Waals surface area contributed by atoms with Crippen molar-refractivity contribution in [3.05, 3.63) is 24.1 Å². The predicted octanol–water partition coefficient (Wildman–Crippen LogP) is 1.88. The number of carbonyl (C=O) groups is 1. The van der Waals surface area contributed by atoms with Gasteiger partial charge in [-0.2, -0.15) is 4.31 Å². The van der Waals surface area contributed by atoms with Gasteiger partial charge in [-0.25, -0.2) is 8.42 Å². The van der Waals surface area contributed by atoms with Gasteiger partial charge in [0.2, 0.25) is 21.7 Å². The third kappa shape index (κ3) is 2.57. The van der Waals surface area contributed by atoms with Gasteiger partial charge in [0.15, 0.2) is 5.76 Å². The number of likely N-dealkylation sites (tertiary alicyclic amines) is 1. The Morgan fingerprint density at radius 3 is 2.77 bits per heavy atom. The van der Waals surface area contributed by atoms with E-state index in [0.29, 0.717) is 30.2 Å². The van der Waals surface area contributed by atoms with Gasteiger partial charge in [0, 0.05) is 38.8 Å². The number of rotatable bonds is 3. The van der Waals surface area contributed by atoms with Crippen LogP contribution < -0.4 is 0 Å². The van der Waals surface area contributed by atoms with Gasteiger partial charge in [0.05, 0.1) is 11.6 Å². The number of amides is 1. The molecule has 0 radical (unpaired) electrons. The Bertz CT molecular complexity index is 934. The molecule has 140 valence electrons. The molecule has 0 bridgehead atoms. The molecular weight excluding hydrogens is 358 g/mol. The maximum Gasteiger partial charge on any atom is 0.246 e. The normalized spacial score (nSPS) is 24.7. The highest BCUT2D eigenvalue weighted by atomic mass is 32.2. The molecule has 26 heavy (non-hydrogen) atoms. The molecule has 2 fully saturated rings. The third-order valence-electron chi connectivity index (χ3n) is 5.44. The van der Waals surface area contributed by atoms with E-state index in [0.717, 1.165) is 19.4 Å². The van der Waals surface area contributed by atoms with Crippen LogP contribution in [-0.2, 0) is 14.8 Å². The highest BCUT2D eigenvalue weighted by Crippen LogP contribution is 2.42. The molecule has 2 saturated heterocycles. The smallest absolute Gasteiger partial charge is 0.246 e. The van der Waals surface area contributed by atoms with Crippen LogP contribution in [0.2, 0.25) is 0 Å². The topological polar surface area (TPSA) is 96.9 Å². The largest absolute Gasteiger partial charge is 0.457 e. The first-order valence-corrected chi connectivity index (χ1v) is 10.0. The van der Waals surface area contributed by atoms with Crippen molar-refractivity contribution in [2.45, 2.75) is 31.1 Å². The number of hydrogen-bond donors (Lipinski definition) is 0. The summed E-state index contributed by atoms with van der Waals surface area (Å²) in [6.07, 6.45) is 3.66. The fraction of sp³-hybridized carbons (Fsp3) is 0.529. The van der Waals surface area contributed by atoms with Gasteiger partial charge in [-0.05, 0) is 26.2 Å². The van der Waals surface area contributed by atoms with Crippen LogP contribution in [0, 0.1) is 12.3 Å². The second kappa shape index (κ2) is 5.95. The van der Waals surface area contributed by atoms with Crippen molar-refractivity contribution in [1.82, 2.24) is 14.4 Å². The molecule has 4 heterocycles. The highest BCUT2D eigenvalue weighted by Gasteiger charge is 2.50. The molecule has 0 saturated carbocycles. The van der Waals surface area contributed by atoms with Crippen LogP contribution in [0.15, 0.2) is 32.2 Å². The van der Waals surface area contributed by atoms with Gasteiger partial charge in [-0.3, -0.25) is 4.79 Å². The maximum absolute atomic E-state index is 13.1. The number of carbonyl (C=O) groups excluding carboxylic acids is 1. The van der Waals surface area contributed by atoms with E-state index in [-0.39, 0.29) is 17.3 Å². The van der Waals surface area contributed by atoms with E-state index in [1.165, 1.54) is 16.6 Å². The average molecular weight is 379 g/mol. The fourth-order valence-electron chi connectivity index (χ4n) is 4.01. The summed E-state index contributed by atoms with van der Waals surface area (Å²) in [7, 11) is -1.97. The van der Waals surface area contributed by atoms with E-state index < -0.39 is 15.4 Å². The summed E-state index contributed by atoms with van der Waals surface area (Å²) in [4.78, 5) is 14.5. The second-order valence-electron chi connectivity index (χ2n) is 7.11. The van der Waals surface area contributed by atoms with Crippen LogP contribution >= 0.6 is 0 Å². The molecule has 2 aromatic rings. The minimum Gasteiger partial charge on any atom is -0.457 e. The Labute approximate surface area is 151 Å². The minimum absolute atomic E-state index is 0.0488. The quantitative estimate of drug-likeness (QED) is 0.808. The van der Waals surface area contributed by atoms with Crippen molar-refractivity contribution in [2.24, 2.45) is 5.41 Å². The number of aryl methyl sites for hydroxylation is 1. The second-order valence-corrected chi connectivity index (χ2v) is 9.01. The van der Waals surface area contributed by atoms with Crippen molar-refractivity contribution in [2.75, 3.05) is 26.7 Å². The number of sulfonamides is 1. The number of nitrogens with zero attached hydrogens (tertiary/aromatic N) is 3. The number of piperidine rings is 1. The molecule has 4 rings (SSSR count). The average Bonchev–Trinajstić information content (AvgIpc) is 3.32. The zero-order valence-electron chi connectivity index (χ0n) is 14.8. The lowest BCUT2D eigenvalue weighted by atomic mass is 9.78. The van der Waals surface area contributed by atoms with Crippen molar-refractivity contribution in [1.29, 1.82) is 0 Å². The zero-order chi connectivity index (χ0) is 18.5. The summed E-state index contributed by atoms with van der Waals surface area (Å²) in [5, 5.41) is 3.61. The Morgan fingerprint density at radius 2 is 2.04 bits per heavy atom. The molecule has 0 aromatic carbocycles. The van der Waals surface area contributed by atoms with Crippen LogP contribution in [-0.4, -0.2) is 55.4 Å². The Balaban J connectivity index is 1.63. The number of furan rings is 1. The van der Waals surface area contributed by atoms with Crippen LogP contribution in [0.3, 0.4) is 0 Å². The van der Waals surface area contributed by atoms with E-state index in [9.17, 15) is 13.2 Å². The Hall–Kier alpha value is -2.13. The van der Waals surface area contributed by atoms with Gasteiger partial charge < -0.3 is 13.8 Å². The number of aromatic nitrogens is 1. The maximum atomic E-state index is 13.1. The van der Waals surface area contributed by atoms with Gasteiger partial charge in [0.25, 0.3) is 0 Å². The van der Waals surface area contributed by atoms with E-state index >= 15 is 0 Å². The molecular formula is C17H21N3O5S. The highest BCUT2D eigenvalue weighted by molar-refractivity contribution is 7.89. The lowest BCUT2D eigenvalue weighted by Crippen LogP contribution is -2.48. The van der Waals surface area contributed by atoms with Crippen LogP contribution in [0.1, 0.15) is 25.0 Å². The van der Waals surface area contributed by atoms with E-state index in [2.05, 4.69) is 5.16 Å². The fourth-order valence-corrected chi connectivity index (χ4v) is 5.70. The summed E-state index contributed by atoms with van der Waals surface area (Å²) in [5.74, 6) is 1.04. The van der Waals surface area contributed by atoms with Crippen LogP contribution in [0.25, 0.3) is 11.5 Å². The lowest BCUT2D eigenvalue weighted by molar-refractivity contribution is -0.143. The standard InChI is InChI=1S/C17H21N3O5S/c1-12-15(10-14(24-12)13-4-7-18-25-13)26(22,23)20-9-6-17(11-20)5-3-8-19(2)16(17)21/h4,7,10H,3,5-6,8-9,11H2,1-2H3/t17-/m0/s1. The third-order valence-corrected chi connectivity index (χ3v) is 7.39. The first kappa shape index (κ1) is 17.3. The van der Waals surface area contributed by atoms with Crippen LogP contribution in [0.5, 0.6) is 0 Å². The molecule has 2 aliphatic rings. The SMILES string of the molecule is Cc1oc(-c2ccno2)cc1S(=O)(=O)N1CC[C@@]2(CCCN(C)C2=O)C1. The molecule has 1 spiro atoms. The molecule has 0 unspecified atom stereocenters. The summed E-state index contributed by atoms with van der Waals surface area (Å²) >= 11 is 0. The summed E-state index contributed by atoms with van der Waals surface area (Å²) in [5.41, 5.74) is -0.592. The molecule has 1 atom stereocenters. The molecule has 0 N–H and O–H groups in total. The van der Waals surface area contributed by atoms with Crippen LogP contribution in [0.4, 0.5) is 0 Å². The predicted molar refractivity (Wildman–Crippen MR) is 91.6 cm³/mol. The zero-order valence-corrected chi connectivity index (χ0v) is 15.6.